The Kier molecular flexibility index (Phi) is 6.85. The van der Waals surface area contributed by atoms with Crippen LogP contribution in [0.1, 0.15) is 18.4 Å². The Morgan fingerprint density at radius 1 is 1.45 bits per heavy atom. The molecule has 0 radical (unpaired) electrons. The second-order valence-corrected chi connectivity index (χ2v) is 5.08. The van der Waals surface area contributed by atoms with E-state index in [-0.39, 0.29) is 31.2 Å². The molecule has 6 nitrogen and oxygen atoms in total. The number of aliphatic hydroxyl groups is 1. The summed E-state index contributed by atoms with van der Waals surface area (Å²) in [6, 6.07) is 5.75. The molecule has 0 bridgehead atoms. The van der Waals surface area contributed by atoms with Crippen molar-refractivity contribution in [3.63, 3.8) is 0 Å². The van der Waals surface area contributed by atoms with Crippen LogP contribution in [0, 0.1) is 0 Å². The average Bonchev–Trinajstić information content (AvgIpc) is 2.86. The molecule has 0 spiro atoms. The summed E-state index contributed by atoms with van der Waals surface area (Å²) in [4.78, 5) is 22.6. The van der Waals surface area contributed by atoms with Crippen LogP contribution < -0.4 is 35.0 Å². The van der Waals surface area contributed by atoms with Crippen LogP contribution >= 0.6 is 0 Å². The molecule has 0 saturated carbocycles. The van der Waals surface area contributed by atoms with E-state index in [9.17, 15) is 19.8 Å². The third-order valence-corrected chi connectivity index (χ3v) is 3.34. The minimum Gasteiger partial charge on any atom is -0.548 e. The van der Waals surface area contributed by atoms with Crippen molar-refractivity contribution in [2.75, 3.05) is 5.32 Å². The summed E-state index contributed by atoms with van der Waals surface area (Å²) in [5.74, 6) is -1.57. The molecule has 112 valence electrons. The van der Waals surface area contributed by atoms with Gasteiger partial charge in [-0.15, -0.1) is 0 Å². The first kappa shape index (κ1) is 18.5. The summed E-state index contributed by atoms with van der Waals surface area (Å²) in [6.45, 7) is 0. The van der Waals surface area contributed by atoms with Gasteiger partial charge in [0.2, 0.25) is 0 Å². The smallest absolute Gasteiger partial charge is 0.548 e. The first-order valence-electron chi connectivity index (χ1n) is 6.71. The second kappa shape index (κ2) is 8.16. The normalized spacial score (nSPS) is 18.1. The van der Waals surface area contributed by atoms with Crippen molar-refractivity contribution in [3.8, 4) is 0 Å². The number of nitrogens with one attached hydrogen (secondary N) is 1. The standard InChI is InChI=1S/C15H18N2O4.Li/c16-13(15(20)21)7-9-2-1-3-11(6-9)17-14(19)10-4-5-12(18)8-10;/h1-3,6,8,12-13,18H,4-5,7,16H2,(H,17,19)(H,20,21);/q;+1/p-1/t12?,13-;/m0./s1. The molecule has 1 aliphatic carbocycles. The van der Waals surface area contributed by atoms with Crippen molar-refractivity contribution < 1.29 is 38.7 Å². The third kappa shape index (κ3) is 5.00. The predicted molar refractivity (Wildman–Crippen MR) is 75.1 cm³/mol. The molecular weight excluding hydrogens is 279 g/mol. The van der Waals surface area contributed by atoms with Crippen LogP contribution in [0.4, 0.5) is 5.69 Å². The maximum absolute atomic E-state index is 12.0. The van der Waals surface area contributed by atoms with Crippen molar-refractivity contribution in [3.05, 3.63) is 41.5 Å². The number of aliphatic hydroxyl groups excluding tert-OH is 1. The fourth-order valence-electron chi connectivity index (χ4n) is 2.22. The maximum Gasteiger partial charge on any atom is 1.00 e. The largest absolute Gasteiger partial charge is 1.00 e. The fraction of sp³-hybridized carbons (Fsp3) is 0.333. The second-order valence-electron chi connectivity index (χ2n) is 5.08. The van der Waals surface area contributed by atoms with E-state index in [2.05, 4.69) is 5.32 Å². The molecule has 1 aliphatic rings. The predicted octanol–water partition coefficient (Wildman–Crippen LogP) is -3.67. The number of carbonyl (C=O) groups is 2. The molecule has 1 aromatic carbocycles. The van der Waals surface area contributed by atoms with Gasteiger partial charge in [-0.1, -0.05) is 12.1 Å². The molecular formula is C15H17LiN2O4. The molecule has 1 amide bonds. The minimum atomic E-state index is -1.31. The van der Waals surface area contributed by atoms with E-state index in [1.54, 1.807) is 30.3 Å². The fourth-order valence-corrected chi connectivity index (χ4v) is 2.22. The van der Waals surface area contributed by atoms with E-state index < -0.39 is 18.1 Å². The number of rotatable bonds is 5. The first-order valence-corrected chi connectivity index (χ1v) is 6.71. The number of benzene rings is 1. The number of carboxylic acids is 1. The van der Waals surface area contributed by atoms with Gasteiger partial charge in [0.1, 0.15) is 0 Å². The first-order chi connectivity index (χ1) is 9.95. The molecule has 1 aromatic rings. The molecule has 22 heavy (non-hydrogen) atoms. The van der Waals surface area contributed by atoms with Gasteiger partial charge in [-0.05, 0) is 43.0 Å². The van der Waals surface area contributed by atoms with Gasteiger partial charge in [0.15, 0.2) is 0 Å². The summed E-state index contributed by atoms with van der Waals surface area (Å²) in [5.41, 5.74) is 7.24. The third-order valence-electron chi connectivity index (χ3n) is 3.34. The molecule has 2 rings (SSSR count). The molecule has 7 heteroatoms. The summed E-state index contributed by atoms with van der Waals surface area (Å²) < 4.78 is 0. The van der Waals surface area contributed by atoms with E-state index in [0.29, 0.717) is 29.7 Å². The molecule has 0 heterocycles. The SMILES string of the molecule is N[C@@H](Cc1cccc(NC(=O)C2=CC(O)CC2)c1)C(=O)[O-].[Li+]. The average molecular weight is 296 g/mol. The Bertz CT molecular complexity index is 589. The zero-order chi connectivity index (χ0) is 15.4. The Morgan fingerprint density at radius 3 is 2.77 bits per heavy atom. The van der Waals surface area contributed by atoms with Crippen LogP contribution in [-0.2, 0) is 16.0 Å². The minimum absolute atomic E-state index is 0. The molecule has 0 aromatic heterocycles. The van der Waals surface area contributed by atoms with Crippen molar-refractivity contribution >= 4 is 17.6 Å². The summed E-state index contributed by atoms with van der Waals surface area (Å²) in [6.07, 6.45) is 2.22. The van der Waals surface area contributed by atoms with E-state index >= 15 is 0 Å². The van der Waals surface area contributed by atoms with Gasteiger partial charge in [-0.25, -0.2) is 0 Å². The number of amides is 1. The van der Waals surface area contributed by atoms with E-state index in [0.717, 1.165) is 0 Å². The zero-order valence-corrected chi connectivity index (χ0v) is 12.4. The molecule has 2 atom stereocenters. The van der Waals surface area contributed by atoms with Crippen molar-refractivity contribution in [2.45, 2.75) is 31.4 Å². The zero-order valence-electron chi connectivity index (χ0n) is 12.4. The van der Waals surface area contributed by atoms with Crippen molar-refractivity contribution in [1.82, 2.24) is 0 Å². The van der Waals surface area contributed by atoms with Crippen molar-refractivity contribution in [1.29, 1.82) is 0 Å². The molecule has 0 fully saturated rings. The van der Waals surface area contributed by atoms with Crippen LogP contribution in [0.15, 0.2) is 35.9 Å². The van der Waals surface area contributed by atoms with Crippen LogP contribution in [0.25, 0.3) is 0 Å². The number of nitrogens with two attached hydrogens (primary N) is 1. The van der Waals surface area contributed by atoms with Gasteiger partial charge < -0.3 is 26.1 Å². The van der Waals surface area contributed by atoms with Gasteiger partial charge in [0.25, 0.3) is 5.91 Å². The van der Waals surface area contributed by atoms with Crippen LogP contribution in [0.3, 0.4) is 0 Å². The number of anilines is 1. The van der Waals surface area contributed by atoms with Gasteiger partial charge >= 0.3 is 18.9 Å². The Morgan fingerprint density at radius 2 is 2.18 bits per heavy atom. The van der Waals surface area contributed by atoms with Gasteiger partial charge in [0, 0.05) is 17.3 Å². The Hall–Kier alpha value is -1.58. The molecule has 4 N–H and O–H groups in total. The van der Waals surface area contributed by atoms with Crippen LogP contribution in [0.5, 0.6) is 0 Å². The van der Waals surface area contributed by atoms with E-state index in [1.807, 2.05) is 0 Å². The molecule has 0 saturated heterocycles. The summed E-state index contributed by atoms with van der Waals surface area (Å²) in [5, 5.41) is 22.7. The number of aliphatic carboxylic acids is 1. The topological polar surface area (TPSA) is 115 Å². The Labute approximate surface area is 140 Å². The molecule has 0 aliphatic heterocycles. The Balaban J connectivity index is 0.00000242. The number of hydrogen-bond donors (Lipinski definition) is 3. The summed E-state index contributed by atoms with van der Waals surface area (Å²) in [7, 11) is 0. The quantitative estimate of drug-likeness (QED) is 0.484. The number of hydrogen-bond acceptors (Lipinski definition) is 5. The maximum atomic E-state index is 12.0. The number of carboxylic acid groups (broad SMARTS) is 1. The van der Waals surface area contributed by atoms with Gasteiger partial charge in [-0.3, -0.25) is 4.79 Å². The number of carbonyl (C=O) groups excluding carboxylic acids is 2. The van der Waals surface area contributed by atoms with Gasteiger partial charge in [-0.2, -0.15) is 0 Å². The van der Waals surface area contributed by atoms with Crippen LogP contribution in [0.2, 0.25) is 0 Å². The monoisotopic (exact) mass is 296 g/mol. The van der Waals surface area contributed by atoms with Crippen molar-refractivity contribution in [2.24, 2.45) is 5.73 Å². The van der Waals surface area contributed by atoms with E-state index in [4.69, 9.17) is 5.73 Å². The summed E-state index contributed by atoms with van der Waals surface area (Å²) >= 11 is 0. The van der Waals surface area contributed by atoms with E-state index in [1.165, 1.54) is 0 Å². The van der Waals surface area contributed by atoms with Gasteiger partial charge in [0.05, 0.1) is 12.1 Å². The molecule has 1 unspecified atom stereocenters. The van der Waals surface area contributed by atoms with Crippen LogP contribution in [-0.4, -0.2) is 29.1 Å².